The molecule has 1 atom stereocenters. The van der Waals surface area contributed by atoms with Crippen LogP contribution in [0.4, 0.5) is 5.82 Å². The highest BCUT2D eigenvalue weighted by molar-refractivity contribution is 5.88. The van der Waals surface area contributed by atoms with Crippen molar-refractivity contribution in [1.82, 2.24) is 4.98 Å². The summed E-state index contributed by atoms with van der Waals surface area (Å²) in [5.74, 6) is 0.00522. The molecule has 6 nitrogen and oxygen atoms in total. The lowest BCUT2D eigenvalue weighted by Crippen LogP contribution is -2.49. The molecule has 0 aliphatic carbocycles. The van der Waals surface area contributed by atoms with Crippen LogP contribution in [0.1, 0.15) is 32.8 Å². The molecule has 0 saturated carbocycles. The largest absolute Gasteiger partial charge is 0.368 e. The summed E-state index contributed by atoms with van der Waals surface area (Å²) in [6, 6.07) is 11.0. The van der Waals surface area contributed by atoms with Crippen molar-refractivity contribution in [1.29, 1.82) is 0 Å². The number of primary amides is 1. The van der Waals surface area contributed by atoms with Crippen molar-refractivity contribution in [3.8, 4) is 11.1 Å². The Bertz CT molecular complexity index is 771. The van der Waals surface area contributed by atoms with E-state index in [1.165, 1.54) is 6.92 Å². The van der Waals surface area contributed by atoms with Crippen LogP contribution in [0.5, 0.6) is 0 Å². The van der Waals surface area contributed by atoms with Crippen LogP contribution in [0.25, 0.3) is 11.1 Å². The van der Waals surface area contributed by atoms with Gasteiger partial charge in [0.2, 0.25) is 11.8 Å². The van der Waals surface area contributed by atoms with E-state index in [9.17, 15) is 9.59 Å². The Morgan fingerprint density at radius 3 is 2.32 bits per heavy atom. The quantitative estimate of drug-likeness (QED) is 0.749. The fourth-order valence-corrected chi connectivity index (χ4v) is 2.82. The van der Waals surface area contributed by atoms with Crippen molar-refractivity contribution in [2.24, 2.45) is 17.4 Å². The number of carbonyl (C=O) groups is 2. The first-order chi connectivity index (χ1) is 11.7. The molecule has 6 heteroatoms. The molecule has 25 heavy (non-hydrogen) atoms. The number of pyridine rings is 1. The summed E-state index contributed by atoms with van der Waals surface area (Å²) in [7, 11) is 0. The van der Waals surface area contributed by atoms with Crippen LogP contribution in [0.15, 0.2) is 42.6 Å². The summed E-state index contributed by atoms with van der Waals surface area (Å²) in [6.07, 6.45) is 2.10. The van der Waals surface area contributed by atoms with Gasteiger partial charge in [0.15, 0.2) is 0 Å². The van der Waals surface area contributed by atoms with Crippen LogP contribution in [-0.2, 0) is 15.1 Å². The Hall–Kier alpha value is -2.73. The molecule has 2 aromatic rings. The molecular weight excluding hydrogens is 316 g/mol. The minimum absolute atomic E-state index is 0.178. The van der Waals surface area contributed by atoms with Gasteiger partial charge >= 0.3 is 0 Å². The van der Waals surface area contributed by atoms with E-state index >= 15 is 0 Å². The van der Waals surface area contributed by atoms with E-state index in [0.717, 1.165) is 11.1 Å². The highest BCUT2D eigenvalue weighted by Gasteiger charge is 2.34. The number of anilines is 1. The Labute approximate surface area is 147 Å². The van der Waals surface area contributed by atoms with E-state index < -0.39 is 11.4 Å². The first kappa shape index (κ1) is 18.6. The third-order valence-corrected chi connectivity index (χ3v) is 3.97. The second kappa shape index (κ2) is 7.44. The number of nitrogens with one attached hydrogen (secondary N) is 1. The van der Waals surface area contributed by atoms with Gasteiger partial charge in [0.1, 0.15) is 11.4 Å². The number of nitrogens with two attached hydrogens (primary N) is 2. The number of rotatable bonds is 6. The van der Waals surface area contributed by atoms with Crippen LogP contribution in [-0.4, -0.2) is 16.8 Å². The Kier molecular flexibility index (Phi) is 5.54. The summed E-state index contributed by atoms with van der Waals surface area (Å²) in [6.45, 7) is 5.43. The van der Waals surface area contributed by atoms with Gasteiger partial charge in [-0.1, -0.05) is 38.1 Å². The normalized spacial score (nSPS) is 13.3. The zero-order valence-corrected chi connectivity index (χ0v) is 14.7. The van der Waals surface area contributed by atoms with Crippen LogP contribution in [0.3, 0.4) is 0 Å². The SMILES string of the molecule is CC(=O)Nc1cc(-c2ccc(C(N)(CC(C)C)C(N)=O)cc2)ccn1. The molecule has 132 valence electrons. The molecule has 0 aliphatic rings. The number of nitrogens with zero attached hydrogens (tertiary/aromatic N) is 1. The van der Waals surface area contributed by atoms with Crippen molar-refractivity contribution < 1.29 is 9.59 Å². The first-order valence-corrected chi connectivity index (χ1v) is 8.15. The van der Waals surface area contributed by atoms with Crippen molar-refractivity contribution in [2.45, 2.75) is 32.7 Å². The third kappa shape index (κ3) is 4.42. The molecule has 0 radical (unpaired) electrons. The second-order valence-corrected chi connectivity index (χ2v) is 6.62. The van der Waals surface area contributed by atoms with E-state index in [1.807, 2.05) is 44.2 Å². The van der Waals surface area contributed by atoms with Crippen LogP contribution in [0.2, 0.25) is 0 Å². The van der Waals surface area contributed by atoms with Crippen molar-refractivity contribution in [3.05, 3.63) is 48.2 Å². The van der Waals surface area contributed by atoms with Gasteiger partial charge in [-0.2, -0.15) is 0 Å². The smallest absolute Gasteiger partial charge is 0.242 e. The molecule has 0 saturated heterocycles. The van der Waals surface area contributed by atoms with Crippen LogP contribution >= 0.6 is 0 Å². The number of carbonyl (C=O) groups excluding carboxylic acids is 2. The molecule has 1 heterocycles. The summed E-state index contributed by atoms with van der Waals surface area (Å²) < 4.78 is 0. The molecule has 2 rings (SSSR count). The molecule has 0 aliphatic heterocycles. The molecule has 5 N–H and O–H groups in total. The zero-order chi connectivity index (χ0) is 18.6. The lowest BCUT2D eigenvalue weighted by atomic mass is 9.82. The number of amides is 2. The summed E-state index contributed by atoms with van der Waals surface area (Å²) in [5, 5.41) is 2.66. The fraction of sp³-hybridized carbons (Fsp3) is 0.316. The average molecular weight is 340 g/mol. The predicted molar refractivity (Wildman–Crippen MR) is 98.5 cm³/mol. The maximum atomic E-state index is 11.9. The van der Waals surface area contributed by atoms with Gasteiger partial charge in [-0.25, -0.2) is 4.98 Å². The van der Waals surface area contributed by atoms with E-state index in [2.05, 4.69) is 10.3 Å². The molecule has 0 fully saturated rings. The summed E-state index contributed by atoms with van der Waals surface area (Å²) in [4.78, 5) is 27.2. The predicted octanol–water partition coefficient (Wildman–Crippen LogP) is 2.39. The molecule has 1 unspecified atom stereocenters. The fourth-order valence-electron chi connectivity index (χ4n) is 2.82. The average Bonchev–Trinajstić information content (AvgIpc) is 2.54. The first-order valence-electron chi connectivity index (χ1n) is 8.15. The van der Waals surface area contributed by atoms with Gasteiger partial charge in [0.05, 0.1) is 0 Å². The zero-order valence-electron chi connectivity index (χ0n) is 14.7. The van der Waals surface area contributed by atoms with Crippen molar-refractivity contribution in [2.75, 3.05) is 5.32 Å². The molecular formula is C19H24N4O2. The minimum atomic E-state index is -1.19. The number of hydrogen-bond acceptors (Lipinski definition) is 4. The molecule has 0 spiro atoms. The number of hydrogen-bond donors (Lipinski definition) is 3. The third-order valence-electron chi connectivity index (χ3n) is 3.97. The van der Waals surface area contributed by atoms with E-state index in [4.69, 9.17) is 11.5 Å². The topological polar surface area (TPSA) is 111 Å². The molecule has 2 amide bonds. The summed E-state index contributed by atoms with van der Waals surface area (Å²) in [5.41, 5.74) is 13.2. The number of aromatic nitrogens is 1. The van der Waals surface area contributed by atoms with Gasteiger partial charge in [-0.05, 0) is 41.2 Å². The maximum Gasteiger partial charge on any atom is 0.242 e. The van der Waals surface area contributed by atoms with Crippen molar-refractivity contribution in [3.63, 3.8) is 0 Å². The van der Waals surface area contributed by atoms with Crippen LogP contribution in [0, 0.1) is 5.92 Å². The van der Waals surface area contributed by atoms with Gasteiger partial charge in [-0.3, -0.25) is 9.59 Å². The summed E-state index contributed by atoms with van der Waals surface area (Å²) >= 11 is 0. The van der Waals surface area contributed by atoms with E-state index in [0.29, 0.717) is 17.8 Å². The van der Waals surface area contributed by atoms with Gasteiger partial charge in [0, 0.05) is 13.1 Å². The van der Waals surface area contributed by atoms with Gasteiger partial charge < -0.3 is 16.8 Å². The molecule has 1 aromatic heterocycles. The minimum Gasteiger partial charge on any atom is -0.368 e. The van der Waals surface area contributed by atoms with E-state index in [1.54, 1.807) is 12.3 Å². The monoisotopic (exact) mass is 340 g/mol. The van der Waals surface area contributed by atoms with Gasteiger partial charge in [-0.15, -0.1) is 0 Å². The molecule has 0 bridgehead atoms. The second-order valence-electron chi connectivity index (χ2n) is 6.62. The van der Waals surface area contributed by atoms with Crippen LogP contribution < -0.4 is 16.8 Å². The number of benzene rings is 1. The van der Waals surface area contributed by atoms with Gasteiger partial charge in [0.25, 0.3) is 0 Å². The lowest BCUT2D eigenvalue weighted by molar-refractivity contribution is -0.124. The standard InChI is InChI=1S/C19H24N4O2/c1-12(2)11-19(21,18(20)25)16-6-4-14(5-7-16)15-8-9-22-17(10-15)23-13(3)24/h4-10,12H,11,21H2,1-3H3,(H2,20,25)(H,22,23,24). The lowest BCUT2D eigenvalue weighted by Gasteiger charge is -2.28. The van der Waals surface area contributed by atoms with E-state index in [-0.39, 0.29) is 11.8 Å². The molecule has 1 aromatic carbocycles. The Balaban J connectivity index is 2.33. The highest BCUT2D eigenvalue weighted by atomic mass is 16.2. The maximum absolute atomic E-state index is 11.9. The Morgan fingerprint density at radius 2 is 1.80 bits per heavy atom. The highest BCUT2D eigenvalue weighted by Crippen LogP contribution is 2.29. The Morgan fingerprint density at radius 1 is 1.16 bits per heavy atom. The van der Waals surface area contributed by atoms with Crippen molar-refractivity contribution >= 4 is 17.6 Å².